The molecule has 100 valence electrons. The van der Waals surface area contributed by atoms with Crippen molar-refractivity contribution in [1.82, 2.24) is 4.90 Å². The molecule has 0 spiro atoms. The molecule has 2 aliphatic rings. The Bertz CT molecular complexity index is 334. The molecular formula is C14H22N2O2. The first-order valence-electron chi connectivity index (χ1n) is 7.00. The number of nitrogens with zero attached hydrogens (tertiary/aromatic N) is 2. The SMILES string of the molecule is CCC1CCN(C(=O)C2(C#N)CCOCC2)CC1. The van der Waals surface area contributed by atoms with Crippen LogP contribution in [0.15, 0.2) is 0 Å². The van der Waals surface area contributed by atoms with Crippen molar-refractivity contribution in [3.63, 3.8) is 0 Å². The highest BCUT2D eigenvalue weighted by Crippen LogP contribution is 2.33. The fourth-order valence-corrected chi connectivity index (χ4v) is 2.94. The zero-order valence-electron chi connectivity index (χ0n) is 11.2. The van der Waals surface area contributed by atoms with Gasteiger partial charge in [-0.2, -0.15) is 5.26 Å². The molecule has 2 aliphatic heterocycles. The molecular weight excluding hydrogens is 228 g/mol. The van der Waals surface area contributed by atoms with Crippen LogP contribution < -0.4 is 0 Å². The Balaban J connectivity index is 2.00. The number of likely N-dealkylation sites (tertiary alicyclic amines) is 1. The molecule has 2 heterocycles. The van der Waals surface area contributed by atoms with E-state index in [1.54, 1.807) is 0 Å². The van der Waals surface area contributed by atoms with E-state index in [0.29, 0.717) is 26.1 Å². The normalized spacial score (nSPS) is 24.6. The van der Waals surface area contributed by atoms with Gasteiger partial charge in [-0.15, -0.1) is 0 Å². The van der Waals surface area contributed by atoms with Crippen LogP contribution in [0.3, 0.4) is 0 Å². The van der Waals surface area contributed by atoms with Gasteiger partial charge in [0, 0.05) is 26.3 Å². The van der Waals surface area contributed by atoms with Gasteiger partial charge in [-0.25, -0.2) is 0 Å². The predicted molar refractivity (Wildman–Crippen MR) is 67.7 cm³/mol. The standard InChI is InChI=1S/C14H22N2O2/c1-2-12-3-7-16(8-4-12)13(17)14(11-15)5-9-18-10-6-14/h12H,2-10H2,1H3. The number of amides is 1. The molecule has 0 aromatic heterocycles. The first-order chi connectivity index (χ1) is 8.72. The topological polar surface area (TPSA) is 53.3 Å². The number of hydrogen-bond donors (Lipinski definition) is 0. The molecule has 0 atom stereocenters. The molecule has 0 N–H and O–H groups in total. The van der Waals surface area contributed by atoms with Gasteiger partial charge in [0.2, 0.25) is 5.91 Å². The van der Waals surface area contributed by atoms with E-state index in [0.717, 1.165) is 31.8 Å². The van der Waals surface area contributed by atoms with Crippen LogP contribution in [0.25, 0.3) is 0 Å². The van der Waals surface area contributed by atoms with Gasteiger partial charge in [-0.05, 0) is 31.6 Å². The molecule has 1 amide bonds. The molecule has 2 fully saturated rings. The molecule has 18 heavy (non-hydrogen) atoms. The number of carbonyl (C=O) groups is 1. The van der Waals surface area contributed by atoms with Gasteiger partial charge < -0.3 is 9.64 Å². The fourth-order valence-electron chi connectivity index (χ4n) is 2.94. The Hall–Kier alpha value is -1.08. The van der Waals surface area contributed by atoms with Gasteiger partial charge in [-0.3, -0.25) is 4.79 Å². The number of piperidine rings is 1. The Morgan fingerprint density at radius 1 is 1.39 bits per heavy atom. The van der Waals surface area contributed by atoms with Crippen LogP contribution in [0.1, 0.15) is 39.0 Å². The van der Waals surface area contributed by atoms with Crippen molar-refractivity contribution in [3.8, 4) is 6.07 Å². The van der Waals surface area contributed by atoms with Gasteiger partial charge in [0.1, 0.15) is 5.41 Å². The van der Waals surface area contributed by atoms with Crippen molar-refractivity contribution in [1.29, 1.82) is 5.26 Å². The maximum absolute atomic E-state index is 12.5. The summed E-state index contributed by atoms with van der Waals surface area (Å²) in [7, 11) is 0. The molecule has 0 bridgehead atoms. The second kappa shape index (κ2) is 5.71. The second-order valence-corrected chi connectivity index (χ2v) is 5.45. The largest absolute Gasteiger partial charge is 0.381 e. The van der Waals surface area contributed by atoms with Crippen LogP contribution >= 0.6 is 0 Å². The summed E-state index contributed by atoms with van der Waals surface area (Å²) in [6.07, 6.45) is 4.46. The first-order valence-corrected chi connectivity index (χ1v) is 7.00. The number of hydrogen-bond acceptors (Lipinski definition) is 3. The molecule has 0 aromatic carbocycles. The van der Waals surface area contributed by atoms with E-state index in [2.05, 4.69) is 13.0 Å². The lowest BCUT2D eigenvalue weighted by atomic mass is 9.79. The lowest BCUT2D eigenvalue weighted by molar-refractivity contribution is -0.144. The zero-order valence-corrected chi connectivity index (χ0v) is 11.2. The van der Waals surface area contributed by atoms with E-state index in [1.165, 1.54) is 6.42 Å². The second-order valence-electron chi connectivity index (χ2n) is 5.45. The maximum atomic E-state index is 12.5. The smallest absolute Gasteiger partial charge is 0.243 e. The molecule has 2 rings (SSSR count). The van der Waals surface area contributed by atoms with Gasteiger partial charge in [0.15, 0.2) is 0 Å². The molecule has 0 aliphatic carbocycles. The van der Waals surface area contributed by atoms with Crippen LogP contribution in [0.5, 0.6) is 0 Å². The molecule has 2 saturated heterocycles. The maximum Gasteiger partial charge on any atom is 0.243 e. The fraction of sp³-hybridized carbons (Fsp3) is 0.857. The number of nitriles is 1. The van der Waals surface area contributed by atoms with Crippen molar-refractivity contribution < 1.29 is 9.53 Å². The first kappa shape index (κ1) is 13.4. The van der Waals surface area contributed by atoms with E-state index in [9.17, 15) is 10.1 Å². The van der Waals surface area contributed by atoms with Gasteiger partial charge in [0.25, 0.3) is 0 Å². The van der Waals surface area contributed by atoms with Crippen molar-refractivity contribution in [2.45, 2.75) is 39.0 Å². The van der Waals surface area contributed by atoms with E-state index in [1.807, 2.05) is 4.90 Å². The van der Waals surface area contributed by atoms with Crippen LogP contribution in [0.2, 0.25) is 0 Å². The monoisotopic (exact) mass is 250 g/mol. The van der Waals surface area contributed by atoms with Gasteiger partial charge in [-0.1, -0.05) is 13.3 Å². The number of rotatable bonds is 2. The molecule has 0 saturated carbocycles. The van der Waals surface area contributed by atoms with Crippen LogP contribution in [0.4, 0.5) is 0 Å². The minimum Gasteiger partial charge on any atom is -0.381 e. The lowest BCUT2D eigenvalue weighted by Gasteiger charge is -2.38. The molecule has 4 nitrogen and oxygen atoms in total. The van der Waals surface area contributed by atoms with Crippen molar-refractivity contribution >= 4 is 5.91 Å². The summed E-state index contributed by atoms with van der Waals surface area (Å²) in [6.45, 7) is 4.91. The minimum atomic E-state index is -0.808. The predicted octanol–water partition coefficient (Wildman–Crippen LogP) is 1.96. The summed E-state index contributed by atoms with van der Waals surface area (Å²) in [5.74, 6) is 0.796. The van der Waals surface area contributed by atoms with Crippen molar-refractivity contribution in [2.24, 2.45) is 11.3 Å². The lowest BCUT2D eigenvalue weighted by Crippen LogP contribution is -2.48. The summed E-state index contributed by atoms with van der Waals surface area (Å²) < 4.78 is 5.28. The average Bonchev–Trinajstić information content (AvgIpc) is 2.47. The van der Waals surface area contributed by atoms with E-state index >= 15 is 0 Å². The summed E-state index contributed by atoms with van der Waals surface area (Å²) in [6, 6.07) is 2.27. The summed E-state index contributed by atoms with van der Waals surface area (Å²) in [5, 5.41) is 9.39. The van der Waals surface area contributed by atoms with Crippen LogP contribution in [-0.2, 0) is 9.53 Å². The van der Waals surface area contributed by atoms with Gasteiger partial charge >= 0.3 is 0 Å². The molecule has 0 unspecified atom stereocenters. The molecule has 0 radical (unpaired) electrons. The average molecular weight is 250 g/mol. The number of ether oxygens (including phenoxy) is 1. The van der Waals surface area contributed by atoms with Crippen LogP contribution in [-0.4, -0.2) is 37.1 Å². The third-order valence-corrected chi connectivity index (χ3v) is 4.45. The third-order valence-electron chi connectivity index (χ3n) is 4.45. The third kappa shape index (κ3) is 2.51. The summed E-state index contributed by atoms with van der Waals surface area (Å²) in [4.78, 5) is 14.5. The van der Waals surface area contributed by atoms with E-state index in [4.69, 9.17) is 4.74 Å². The minimum absolute atomic E-state index is 0.0443. The highest BCUT2D eigenvalue weighted by Gasteiger charge is 2.43. The highest BCUT2D eigenvalue weighted by atomic mass is 16.5. The highest BCUT2D eigenvalue weighted by molar-refractivity contribution is 5.85. The zero-order chi connectivity index (χ0) is 13.0. The van der Waals surface area contributed by atoms with Crippen molar-refractivity contribution in [3.05, 3.63) is 0 Å². The Kier molecular flexibility index (Phi) is 4.23. The molecule has 4 heteroatoms. The van der Waals surface area contributed by atoms with Crippen molar-refractivity contribution in [2.75, 3.05) is 26.3 Å². The molecule has 0 aromatic rings. The van der Waals surface area contributed by atoms with Crippen LogP contribution in [0, 0.1) is 22.7 Å². The van der Waals surface area contributed by atoms with E-state index < -0.39 is 5.41 Å². The summed E-state index contributed by atoms with van der Waals surface area (Å²) in [5.41, 5.74) is -0.808. The number of carbonyl (C=O) groups excluding carboxylic acids is 1. The Morgan fingerprint density at radius 3 is 2.50 bits per heavy atom. The summed E-state index contributed by atoms with van der Waals surface area (Å²) >= 11 is 0. The quantitative estimate of drug-likeness (QED) is 0.752. The van der Waals surface area contributed by atoms with Gasteiger partial charge in [0.05, 0.1) is 6.07 Å². The van der Waals surface area contributed by atoms with E-state index in [-0.39, 0.29) is 5.91 Å². The Morgan fingerprint density at radius 2 is 2.00 bits per heavy atom. The Labute approximate surface area is 109 Å².